The van der Waals surface area contributed by atoms with Crippen molar-refractivity contribution >= 4 is 5.91 Å². The van der Waals surface area contributed by atoms with E-state index in [2.05, 4.69) is 12.2 Å². The number of amides is 1. The van der Waals surface area contributed by atoms with Gasteiger partial charge in [0.1, 0.15) is 0 Å². The van der Waals surface area contributed by atoms with E-state index in [0.717, 1.165) is 18.4 Å². The topological polar surface area (TPSA) is 108 Å². The van der Waals surface area contributed by atoms with E-state index in [0.29, 0.717) is 30.9 Å². The molecule has 7 nitrogen and oxygen atoms in total. The van der Waals surface area contributed by atoms with Crippen molar-refractivity contribution in [3.8, 4) is 11.5 Å². The fraction of sp³-hybridized carbons (Fsp3) is 0.708. The lowest BCUT2D eigenvalue weighted by molar-refractivity contribution is -0.185. The van der Waals surface area contributed by atoms with Gasteiger partial charge in [-0.3, -0.25) is 4.79 Å². The summed E-state index contributed by atoms with van der Waals surface area (Å²) in [5.74, 6) is 0.970. The molecular weight excluding hydrogens is 398 g/mol. The zero-order chi connectivity index (χ0) is 22.8. The van der Waals surface area contributed by atoms with Gasteiger partial charge in [0, 0.05) is 18.4 Å². The van der Waals surface area contributed by atoms with Gasteiger partial charge in [0.25, 0.3) is 0 Å². The molecule has 6 atom stereocenters. The van der Waals surface area contributed by atoms with Gasteiger partial charge in [-0.2, -0.15) is 0 Å². The van der Waals surface area contributed by atoms with Crippen molar-refractivity contribution in [3.05, 3.63) is 23.8 Å². The Labute approximate surface area is 184 Å². The third kappa shape index (κ3) is 4.41. The van der Waals surface area contributed by atoms with Crippen molar-refractivity contribution in [1.29, 1.82) is 0 Å². The maximum atomic E-state index is 12.8. The minimum atomic E-state index is -0.610. The Morgan fingerprint density at radius 3 is 2.48 bits per heavy atom. The lowest BCUT2D eigenvalue weighted by atomic mass is 9.46. The number of methoxy groups -OCH3 is 2. The molecule has 174 valence electrons. The summed E-state index contributed by atoms with van der Waals surface area (Å²) in [5, 5.41) is 34.4. The van der Waals surface area contributed by atoms with Gasteiger partial charge in [-0.05, 0) is 60.6 Å². The summed E-state index contributed by atoms with van der Waals surface area (Å²) in [6, 6.07) is 5.52. The highest BCUT2D eigenvalue weighted by molar-refractivity contribution is 5.76. The maximum Gasteiger partial charge on any atom is 0.220 e. The van der Waals surface area contributed by atoms with E-state index in [-0.39, 0.29) is 36.2 Å². The fourth-order valence-electron chi connectivity index (χ4n) is 6.07. The molecule has 0 radical (unpaired) electrons. The third-order valence-electron chi connectivity index (χ3n) is 8.06. The fourth-order valence-corrected chi connectivity index (χ4v) is 6.07. The zero-order valence-electron chi connectivity index (χ0n) is 19.1. The summed E-state index contributed by atoms with van der Waals surface area (Å²) in [5.41, 5.74) is -0.0238. The molecule has 7 heteroatoms. The van der Waals surface area contributed by atoms with E-state index in [1.54, 1.807) is 20.3 Å². The lowest BCUT2D eigenvalue weighted by Gasteiger charge is -2.60. The van der Waals surface area contributed by atoms with Crippen LogP contribution in [0.3, 0.4) is 0 Å². The molecule has 2 saturated carbocycles. The number of benzene rings is 1. The molecule has 0 saturated heterocycles. The number of hydrogen-bond acceptors (Lipinski definition) is 6. The van der Waals surface area contributed by atoms with Gasteiger partial charge in [0.2, 0.25) is 5.91 Å². The number of hydrogen-bond donors (Lipinski definition) is 4. The van der Waals surface area contributed by atoms with E-state index in [9.17, 15) is 20.1 Å². The molecule has 1 amide bonds. The second-order valence-corrected chi connectivity index (χ2v) is 9.70. The van der Waals surface area contributed by atoms with Crippen LogP contribution in [0.4, 0.5) is 0 Å². The van der Waals surface area contributed by atoms with Gasteiger partial charge in [-0.15, -0.1) is 0 Å². The Balaban J connectivity index is 1.70. The third-order valence-corrected chi connectivity index (χ3v) is 8.06. The monoisotopic (exact) mass is 435 g/mol. The van der Waals surface area contributed by atoms with Crippen molar-refractivity contribution in [1.82, 2.24) is 5.32 Å². The zero-order valence-corrected chi connectivity index (χ0v) is 19.1. The Morgan fingerprint density at radius 1 is 1.13 bits per heavy atom. The number of ether oxygens (including phenoxy) is 2. The SMILES string of the molecule is COc1ccc(CNC(=O)C[C@@H]2[C@H](O)CC[C@H]3[C@](C)(CO)[C@H](O)CC[C@]32C)cc1OC. The Morgan fingerprint density at radius 2 is 1.84 bits per heavy atom. The number of nitrogens with one attached hydrogen (secondary N) is 1. The first-order valence-corrected chi connectivity index (χ1v) is 11.1. The molecule has 2 aliphatic carbocycles. The van der Waals surface area contributed by atoms with Crippen LogP contribution in [0.15, 0.2) is 18.2 Å². The second-order valence-electron chi connectivity index (χ2n) is 9.70. The average Bonchev–Trinajstić information content (AvgIpc) is 2.77. The predicted octanol–water partition coefficient (Wildman–Crippen LogP) is 2.26. The summed E-state index contributed by atoms with van der Waals surface area (Å²) in [4.78, 5) is 12.8. The molecule has 0 aliphatic heterocycles. The summed E-state index contributed by atoms with van der Waals surface area (Å²) < 4.78 is 10.6. The average molecular weight is 436 g/mol. The second kappa shape index (κ2) is 9.35. The molecule has 2 fully saturated rings. The van der Waals surface area contributed by atoms with Gasteiger partial charge in [0.05, 0.1) is 33.0 Å². The molecule has 0 unspecified atom stereocenters. The summed E-state index contributed by atoms with van der Waals surface area (Å²) in [6.45, 7) is 4.32. The smallest absolute Gasteiger partial charge is 0.220 e. The maximum absolute atomic E-state index is 12.8. The standard InChI is InChI=1S/C24H37NO6/c1-23-10-9-21(28)24(2,14-26)20(23)8-6-17(27)16(23)12-22(29)25-13-15-5-7-18(30-3)19(11-15)31-4/h5,7,11,16-17,20-21,26-28H,6,8-10,12-14H2,1-4H3,(H,25,29)/t16-,17-,20-,21-,23+,24+/m1/s1. The van der Waals surface area contributed by atoms with Gasteiger partial charge >= 0.3 is 0 Å². The van der Waals surface area contributed by atoms with E-state index in [1.807, 2.05) is 19.1 Å². The molecule has 3 rings (SSSR count). The Kier molecular flexibility index (Phi) is 7.18. The quantitative estimate of drug-likeness (QED) is 0.523. The molecule has 1 aromatic carbocycles. The van der Waals surface area contributed by atoms with E-state index in [4.69, 9.17) is 9.47 Å². The first-order valence-electron chi connectivity index (χ1n) is 11.1. The van der Waals surface area contributed by atoms with Crippen molar-refractivity contribution in [3.63, 3.8) is 0 Å². The summed E-state index contributed by atoms with van der Waals surface area (Å²) in [6.07, 6.45) is 1.72. The number of aliphatic hydroxyl groups is 3. The highest BCUT2D eigenvalue weighted by Gasteiger charge is 2.58. The lowest BCUT2D eigenvalue weighted by Crippen LogP contribution is -2.60. The van der Waals surface area contributed by atoms with Gasteiger partial charge in [0.15, 0.2) is 11.5 Å². The van der Waals surface area contributed by atoms with Gasteiger partial charge in [-0.1, -0.05) is 19.9 Å². The Bertz CT molecular complexity index is 785. The van der Waals surface area contributed by atoms with Crippen molar-refractivity contribution in [2.45, 2.75) is 64.7 Å². The van der Waals surface area contributed by atoms with Crippen LogP contribution in [0.25, 0.3) is 0 Å². The Hall–Kier alpha value is -1.83. The number of fused-ring (bicyclic) bond motifs is 1. The van der Waals surface area contributed by atoms with Gasteiger partial charge < -0.3 is 30.1 Å². The molecule has 1 aromatic rings. The molecule has 4 N–H and O–H groups in total. The molecule has 2 aliphatic rings. The van der Waals surface area contributed by atoms with Crippen LogP contribution in [0.1, 0.15) is 51.5 Å². The number of rotatable bonds is 7. The van der Waals surface area contributed by atoms with Crippen LogP contribution < -0.4 is 14.8 Å². The van der Waals surface area contributed by atoms with Crippen LogP contribution in [-0.4, -0.2) is 54.3 Å². The van der Waals surface area contributed by atoms with Crippen molar-refractivity contribution in [2.24, 2.45) is 22.7 Å². The summed E-state index contributed by atoms with van der Waals surface area (Å²) >= 11 is 0. The van der Waals surface area contributed by atoms with Crippen molar-refractivity contribution in [2.75, 3.05) is 20.8 Å². The number of carbonyl (C=O) groups excluding carboxylic acids is 1. The van der Waals surface area contributed by atoms with E-state index < -0.39 is 17.6 Å². The molecule has 0 bridgehead atoms. The first-order chi connectivity index (χ1) is 14.7. The molecule has 0 spiro atoms. The van der Waals surface area contributed by atoms with E-state index in [1.165, 1.54) is 0 Å². The van der Waals surface area contributed by atoms with Crippen LogP contribution in [0.2, 0.25) is 0 Å². The molecule has 0 aromatic heterocycles. The normalized spacial score (nSPS) is 35.2. The minimum absolute atomic E-state index is 0.0563. The van der Waals surface area contributed by atoms with Crippen molar-refractivity contribution < 1.29 is 29.6 Å². The van der Waals surface area contributed by atoms with Crippen LogP contribution in [0.5, 0.6) is 11.5 Å². The summed E-state index contributed by atoms with van der Waals surface area (Å²) in [7, 11) is 3.15. The minimum Gasteiger partial charge on any atom is -0.493 e. The van der Waals surface area contributed by atoms with Crippen LogP contribution in [0, 0.1) is 22.7 Å². The first kappa shape index (κ1) is 23.8. The van der Waals surface area contributed by atoms with E-state index >= 15 is 0 Å². The largest absolute Gasteiger partial charge is 0.493 e. The number of carbonyl (C=O) groups is 1. The molecule has 31 heavy (non-hydrogen) atoms. The highest BCUT2D eigenvalue weighted by atomic mass is 16.5. The van der Waals surface area contributed by atoms with Gasteiger partial charge in [-0.25, -0.2) is 0 Å². The highest BCUT2D eigenvalue weighted by Crippen LogP contribution is 2.60. The predicted molar refractivity (Wildman–Crippen MR) is 117 cm³/mol. The molecule has 0 heterocycles. The van der Waals surface area contributed by atoms with Crippen LogP contribution >= 0.6 is 0 Å². The number of aliphatic hydroxyl groups excluding tert-OH is 3. The van der Waals surface area contributed by atoms with Crippen LogP contribution in [-0.2, 0) is 11.3 Å². The molecular formula is C24H37NO6.